The van der Waals surface area contributed by atoms with Crippen molar-refractivity contribution < 1.29 is 9.90 Å². The Bertz CT molecular complexity index is 885. The standard InChI is InChI=1S/C24H26N2O2/c1-2-3-4-5-18-6-8-19(9-7-18)10-11-20-16-25-23(26-17-20)21-12-14-22(15-13-21)24(27)28/h6-9,12-17H,2-5,10-11H2,1H3,(H,27,28). The van der Waals surface area contributed by atoms with Crippen LogP contribution in [0.4, 0.5) is 0 Å². The number of rotatable bonds is 9. The van der Waals surface area contributed by atoms with Crippen LogP contribution in [0.2, 0.25) is 0 Å². The van der Waals surface area contributed by atoms with Crippen molar-refractivity contribution in [3.63, 3.8) is 0 Å². The summed E-state index contributed by atoms with van der Waals surface area (Å²) in [6, 6.07) is 15.5. The zero-order valence-corrected chi connectivity index (χ0v) is 16.3. The van der Waals surface area contributed by atoms with Gasteiger partial charge >= 0.3 is 5.97 Å². The molecule has 0 aliphatic carbocycles. The van der Waals surface area contributed by atoms with Gasteiger partial charge in [-0.3, -0.25) is 0 Å². The van der Waals surface area contributed by atoms with Crippen molar-refractivity contribution in [2.75, 3.05) is 0 Å². The smallest absolute Gasteiger partial charge is 0.335 e. The molecular formula is C24H26N2O2. The highest BCUT2D eigenvalue weighted by molar-refractivity contribution is 5.88. The van der Waals surface area contributed by atoms with E-state index >= 15 is 0 Å². The fraction of sp³-hybridized carbons (Fsp3) is 0.292. The van der Waals surface area contributed by atoms with Crippen LogP contribution in [0.25, 0.3) is 11.4 Å². The van der Waals surface area contributed by atoms with E-state index in [0.717, 1.165) is 30.4 Å². The van der Waals surface area contributed by atoms with E-state index < -0.39 is 5.97 Å². The molecule has 0 spiro atoms. The number of benzene rings is 2. The molecule has 0 saturated heterocycles. The lowest BCUT2D eigenvalue weighted by molar-refractivity contribution is 0.0697. The summed E-state index contributed by atoms with van der Waals surface area (Å²) in [6.07, 6.45) is 10.5. The number of aryl methyl sites for hydroxylation is 3. The van der Waals surface area contributed by atoms with Crippen molar-refractivity contribution in [2.45, 2.75) is 45.4 Å². The average Bonchev–Trinajstić information content (AvgIpc) is 2.74. The van der Waals surface area contributed by atoms with Gasteiger partial charge in [0.15, 0.2) is 5.82 Å². The highest BCUT2D eigenvalue weighted by Gasteiger charge is 2.05. The van der Waals surface area contributed by atoms with Crippen LogP contribution in [-0.4, -0.2) is 21.0 Å². The molecule has 0 amide bonds. The van der Waals surface area contributed by atoms with Crippen LogP contribution in [0.3, 0.4) is 0 Å². The second-order valence-corrected chi connectivity index (χ2v) is 7.07. The van der Waals surface area contributed by atoms with E-state index in [9.17, 15) is 4.79 Å². The third-order valence-corrected chi connectivity index (χ3v) is 4.89. The number of carboxylic acid groups (broad SMARTS) is 1. The van der Waals surface area contributed by atoms with E-state index in [0.29, 0.717) is 5.82 Å². The first-order valence-electron chi connectivity index (χ1n) is 9.88. The molecule has 1 aromatic heterocycles. The number of carboxylic acids is 1. The minimum atomic E-state index is -0.934. The maximum absolute atomic E-state index is 10.9. The average molecular weight is 374 g/mol. The summed E-state index contributed by atoms with van der Waals surface area (Å²) in [6.45, 7) is 2.23. The molecular weight excluding hydrogens is 348 g/mol. The lowest BCUT2D eigenvalue weighted by Crippen LogP contribution is -1.97. The lowest BCUT2D eigenvalue weighted by Gasteiger charge is -2.06. The summed E-state index contributed by atoms with van der Waals surface area (Å²) in [4.78, 5) is 19.8. The monoisotopic (exact) mass is 374 g/mol. The summed E-state index contributed by atoms with van der Waals surface area (Å²) < 4.78 is 0. The van der Waals surface area contributed by atoms with E-state index in [4.69, 9.17) is 5.11 Å². The molecule has 2 aromatic carbocycles. The molecule has 144 valence electrons. The molecule has 0 atom stereocenters. The van der Waals surface area contributed by atoms with E-state index in [1.54, 1.807) is 24.3 Å². The van der Waals surface area contributed by atoms with Crippen LogP contribution in [0.15, 0.2) is 60.9 Å². The predicted octanol–water partition coefficient (Wildman–Crippen LogP) is 5.36. The summed E-state index contributed by atoms with van der Waals surface area (Å²) in [7, 11) is 0. The molecule has 3 aromatic rings. The second kappa shape index (κ2) is 9.79. The van der Waals surface area contributed by atoms with Crippen molar-refractivity contribution in [3.05, 3.63) is 83.2 Å². The van der Waals surface area contributed by atoms with Gasteiger partial charge in [0.25, 0.3) is 0 Å². The van der Waals surface area contributed by atoms with E-state index in [1.165, 1.54) is 30.4 Å². The lowest BCUT2D eigenvalue weighted by atomic mass is 10.0. The van der Waals surface area contributed by atoms with Gasteiger partial charge in [-0.2, -0.15) is 0 Å². The molecule has 28 heavy (non-hydrogen) atoms. The SMILES string of the molecule is CCCCCc1ccc(CCc2cnc(-c3ccc(C(=O)O)cc3)nc2)cc1. The quantitative estimate of drug-likeness (QED) is 0.512. The van der Waals surface area contributed by atoms with Crippen molar-refractivity contribution in [1.82, 2.24) is 9.97 Å². The van der Waals surface area contributed by atoms with Gasteiger partial charge in [-0.25, -0.2) is 14.8 Å². The van der Waals surface area contributed by atoms with Crippen molar-refractivity contribution in [1.29, 1.82) is 0 Å². The molecule has 0 saturated carbocycles. The van der Waals surface area contributed by atoms with Gasteiger partial charge in [0.2, 0.25) is 0 Å². The summed E-state index contributed by atoms with van der Waals surface area (Å²) in [5, 5.41) is 8.97. The van der Waals surface area contributed by atoms with Crippen LogP contribution in [0, 0.1) is 0 Å². The third-order valence-electron chi connectivity index (χ3n) is 4.89. The maximum Gasteiger partial charge on any atom is 0.335 e. The Morgan fingerprint density at radius 3 is 1.93 bits per heavy atom. The Morgan fingerprint density at radius 1 is 0.786 bits per heavy atom. The molecule has 0 aliphatic rings. The third kappa shape index (κ3) is 5.49. The number of aromatic carboxylic acids is 1. The first-order valence-corrected chi connectivity index (χ1v) is 9.88. The molecule has 0 bridgehead atoms. The number of hydrogen-bond donors (Lipinski definition) is 1. The van der Waals surface area contributed by atoms with Gasteiger partial charge in [-0.15, -0.1) is 0 Å². The summed E-state index contributed by atoms with van der Waals surface area (Å²) in [5.74, 6) is -0.325. The van der Waals surface area contributed by atoms with Crippen LogP contribution in [0.1, 0.15) is 53.2 Å². The number of nitrogens with zero attached hydrogens (tertiary/aromatic N) is 2. The van der Waals surface area contributed by atoms with Crippen molar-refractivity contribution in [3.8, 4) is 11.4 Å². The zero-order valence-electron chi connectivity index (χ0n) is 16.3. The number of unbranched alkanes of at least 4 members (excludes halogenated alkanes) is 2. The van der Waals surface area contributed by atoms with Gasteiger partial charge < -0.3 is 5.11 Å². The molecule has 3 rings (SSSR count). The number of aromatic nitrogens is 2. The Kier molecular flexibility index (Phi) is 6.90. The first kappa shape index (κ1) is 19.7. The molecule has 4 heteroatoms. The fourth-order valence-corrected chi connectivity index (χ4v) is 3.14. The van der Waals surface area contributed by atoms with Crippen LogP contribution in [0.5, 0.6) is 0 Å². The maximum atomic E-state index is 10.9. The van der Waals surface area contributed by atoms with E-state index in [1.807, 2.05) is 12.4 Å². The first-order chi connectivity index (χ1) is 13.7. The molecule has 1 heterocycles. The summed E-state index contributed by atoms with van der Waals surface area (Å²) >= 11 is 0. The highest BCUT2D eigenvalue weighted by Crippen LogP contribution is 2.16. The predicted molar refractivity (Wildman–Crippen MR) is 112 cm³/mol. The topological polar surface area (TPSA) is 63.1 Å². The van der Waals surface area contributed by atoms with Crippen molar-refractivity contribution in [2.24, 2.45) is 0 Å². The van der Waals surface area contributed by atoms with E-state index in [2.05, 4.69) is 41.2 Å². The molecule has 0 fully saturated rings. The number of carbonyl (C=O) groups is 1. The van der Waals surface area contributed by atoms with Gasteiger partial charge in [-0.1, -0.05) is 56.2 Å². The normalized spacial score (nSPS) is 10.8. The van der Waals surface area contributed by atoms with Gasteiger partial charge in [0, 0.05) is 18.0 Å². The van der Waals surface area contributed by atoms with Crippen LogP contribution in [-0.2, 0) is 19.3 Å². The van der Waals surface area contributed by atoms with Crippen molar-refractivity contribution >= 4 is 5.97 Å². The molecule has 0 unspecified atom stereocenters. The minimum Gasteiger partial charge on any atom is -0.478 e. The van der Waals surface area contributed by atoms with E-state index in [-0.39, 0.29) is 5.56 Å². The largest absolute Gasteiger partial charge is 0.478 e. The Morgan fingerprint density at radius 2 is 1.36 bits per heavy atom. The Hall–Kier alpha value is -3.01. The second-order valence-electron chi connectivity index (χ2n) is 7.07. The van der Waals surface area contributed by atoms with Crippen LogP contribution >= 0.6 is 0 Å². The minimum absolute atomic E-state index is 0.261. The molecule has 0 radical (unpaired) electrons. The zero-order chi connectivity index (χ0) is 19.8. The summed E-state index contributed by atoms with van der Waals surface area (Å²) in [5.41, 5.74) is 4.91. The molecule has 1 N–H and O–H groups in total. The van der Waals surface area contributed by atoms with Crippen LogP contribution < -0.4 is 0 Å². The highest BCUT2D eigenvalue weighted by atomic mass is 16.4. The number of hydrogen-bond acceptors (Lipinski definition) is 3. The Balaban J connectivity index is 1.55. The molecule has 4 nitrogen and oxygen atoms in total. The van der Waals surface area contributed by atoms with Gasteiger partial charge in [0.05, 0.1) is 5.56 Å². The fourth-order valence-electron chi connectivity index (χ4n) is 3.14. The Labute approximate surface area is 166 Å². The molecule has 0 aliphatic heterocycles. The van der Waals surface area contributed by atoms with Gasteiger partial charge in [0.1, 0.15) is 0 Å². The van der Waals surface area contributed by atoms with Gasteiger partial charge in [-0.05, 0) is 54.5 Å².